The van der Waals surface area contributed by atoms with E-state index in [1.807, 2.05) is 0 Å². The number of rotatable bonds is 4. The molecule has 0 spiro atoms. The van der Waals surface area contributed by atoms with Crippen LogP contribution in [0.25, 0.3) is 0 Å². The molecule has 0 amide bonds. The van der Waals surface area contributed by atoms with Gasteiger partial charge in [0.2, 0.25) is 5.82 Å². The second-order valence-electron chi connectivity index (χ2n) is 5.27. The lowest BCUT2D eigenvalue weighted by Crippen LogP contribution is -2.38. The quantitative estimate of drug-likeness (QED) is 0.870. The molecule has 1 aromatic heterocycles. The molecule has 1 N–H and O–H groups in total. The van der Waals surface area contributed by atoms with E-state index >= 15 is 0 Å². The number of aliphatic carboxylic acids is 1. The lowest BCUT2D eigenvalue weighted by atomic mass is 10.2. The van der Waals surface area contributed by atoms with Gasteiger partial charge in [-0.3, -0.25) is 4.90 Å². The summed E-state index contributed by atoms with van der Waals surface area (Å²) in [4.78, 5) is 17.5. The van der Waals surface area contributed by atoms with E-state index in [9.17, 15) is 4.79 Å². The van der Waals surface area contributed by atoms with Crippen molar-refractivity contribution in [2.75, 3.05) is 26.2 Å². The lowest BCUT2D eigenvalue weighted by Gasteiger charge is -2.30. The van der Waals surface area contributed by atoms with E-state index in [0.29, 0.717) is 31.2 Å². The van der Waals surface area contributed by atoms with E-state index < -0.39 is 18.2 Å². The molecule has 8 heteroatoms. The Morgan fingerprint density at radius 2 is 2.29 bits per heavy atom. The van der Waals surface area contributed by atoms with Crippen molar-refractivity contribution in [2.24, 2.45) is 0 Å². The summed E-state index contributed by atoms with van der Waals surface area (Å²) < 4.78 is 16.3. The number of carboxylic acid groups (broad SMARTS) is 1. The Kier molecular flexibility index (Phi) is 4.18. The average molecular weight is 297 g/mol. The van der Waals surface area contributed by atoms with Gasteiger partial charge in [0.15, 0.2) is 6.10 Å². The summed E-state index contributed by atoms with van der Waals surface area (Å²) in [5.41, 5.74) is 0. The van der Waals surface area contributed by atoms with E-state index in [2.05, 4.69) is 22.0 Å². The number of likely N-dealkylation sites (N-methyl/N-ethyl adjacent to an activating group) is 1. The highest BCUT2D eigenvalue weighted by Gasteiger charge is 2.35. The van der Waals surface area contributed by atoms with Gasteiger partial charge in [0, 0.05) is 13.1 Å². The van der Waals surface area contributed by atoms with E-state index in [-0.39, 0.29) is 6.10 Å². The summed E-state index contributed by atoms with van der Waals surface area (Å²) in [5.74, 6) is -0.108. The minimum Gasteiger partial charge on any atom is -0.479 e. The molecule has 0 aromatic carbocycles. The summed E-state index contributed by atoms with van der Waals surface area (Å²) >= 11 is 0. The number of ether oxygens (including phenoxy) is 2. The highest BCUT2D eigenvalue weighted by atomic mass is 16.6. The summed E-state index contributed by atoms with van der Waals surface area (Å²) in [6, 6.07) is 0. The van der Waals surface area contributed by atoms with Crippen LogP contribution in [0.1, 0.15) is 43.7 Å². The molecule has 2 aliphatic rings. The third kappa shape index (κ3) is 3.07. The molecule has 3 atom stereocenters. The Balaban J connectivity index is 1.65. The van der Waals surface area contributed by atoms with Crippen LogP contribution in [0.3, 0.4) is 0 Å². The molecule has 0 bridgehead atoms. The molecule has 1 aromatic rings. The zero-order valence-corrected chi connectivity index (χ0v) is 11.9. The number of aromatic nitrogens is 2. The molecule has 8 nitrogen and oxygen atoms in total. The molecule has 0 radical (unpaired) electrons. The first kappa shape index (κ1) is 14.4. The molecular weight excluding hydrogens is 278 g/mol. The molecule has 116 valence electrons. The standard InChI is InChI=1S/C13H19N3O5/c1-2-16-5-6-19-10(7-16)11-14-12(21-15-11)8-3-4-9(20-8)13(17)18/h8-10H,2-7H2,1H3,(H,17,18). The number of carbonyl (C=O) groups is 1. The molecule has 2 saturated heterocycles. The van der Waals surface area contributed by atoms with Gasteiger partial charge >= 0.3 is 5.97 Å². The van der Waals surface area contributed by atoms with Crippen LogP contribution >= 0.6 is 0 Å². The molecule has 2 fully saturated rings. The summed E-state index contributed by atoms with van der Waals surface area (Å²) in [6.07, 6.45) is -0.384. The first-order valence-electron chi connectivity index (χ1n) is 7.23. The number of carboxylic acids is 1. The van der Waals surface area contributed by atoms with Crippen molar-refractivity contribution >= 4 is 5.97 Å². The van der Waals surface area contributed by atoms with Gasteiger partial charge < -0.3 is 19.1 Å². The fourth-order valence-corrected chi connectivity index (χ4v) is 2.66. The molecule has 0 saturated carbocycles. The van der Waals surface area contributed by atoms with Crippen LogP contribution in [-0.4, -0.2) is 58.5 Å². The molecule has 3 rings (SSSR count). The fraction of sp³-hybridized carbons (Fsp3) is 0.769. The van der Waals surface area contributed by atoms with Crippen molar-refractivity contribution in [2.45, 2.75) is 38.1 Å². The third-order valence-corrected chi connectivity index (χ3v) is 3.91. The topological polar surface area (TPSA) is 97.9 Å². The molecule has 3 unspecified atom stereocenters. The summed E-state index contributed by atoms with van der Waals surface area (Å²) in [6.45, 7) is 5.34. The Labute approximate surface area is 122 Å². The van der Waals surface area contributed by atoms with Crippen molar-refractivity contribution in [1.29, 1.82) is 0 Å². The van der Waals surface area contributed by atoms with Crippen molar-refractivity contribution in [3.05, 3.63) is 11.7 Å². The molecular formula is C13H19N3O5. The van der Waals surface area contributed by atoms with E-state index in [1.165, 1.54) is 0 Å². The molecule has 21 heavy (non-hydrogen) atoms. The monoisotopic (exact) mass is 297 g/mol. The van der Waals surface area contributed by atoms with Gasteiger partial charge in [-0.1, -0.05) is 12.1 Å². The predicted octanol–water partition coefficient (Wildman–Crippen LogP) is 0.767. The smallest absolute Gasteiger partial charge is 0.332 e. The van der Waals surface area contributed by atoms with Crippen LogP contribution in [0.5, 0.6) is 0 Å². The van der Waals surface area contributed by atoms with E-state index in [0.717, 1.165) is 19.6 Å². The Morgan fingerprint density at radius 3 is 3.00 bits per heavy atom. The highest BCUT2D eigenvalue weighted by molar-refractivity contribution is 5.72. The highest BCUT2D eigenvalue weighted by Crippen LogP contribution is 2.32. The Hall–Kier alpha value is -1.51. The van der Waals surface area contributed by atoms with Gasteiger partial charge in [-0.25, -0.2) is 4.79 Å². The van der Waals surface area contributed by atoms with Crippen molar-refractivity contribution in [3.63, 3.8) is 0 Å². The summed E-state index contributed by atoms with van der Waals surface area (Å²) in [5, 5.41) is 12.9. The van der Waals surface area contributed by atoms with Crippen LogP contribution in [0.2, 0.25) is 0 Å². The number of nitrogens with zero attached hydrogens (tertiary/aromatic N) is 3. The largest absolute Gasteiger partial charge is 0.479 e. The van der Waals surface area contributed by atoms with E-state index in [1.54, 1.807) is 0 Å². The Bertz CT molecular complexity index is 506. The van der Waals surface area contributed by atoms with Crippen molar-refractivity contribution in [1.82, 2.24) is 15.0 Å². The lowest BCUT2D eigenvalue weighted by molar-refractivity contribution is -0.150. The summed E-state index contributed by atoms with van der Waals surface area (Å²) in [7, 11) is 0. The zero-order chi connectivity index (χ0) is 14.8. The first-order chi connectivity index (χ1) is 10.2. The SMILES string of the molecule is CCN1CCOC(c2noc(C3CCC(C(=O)O)O3)n2)C1. The normalized spacial score (nSPS) is 30.6. The van der Waals surface area contributed by atoms with Gasteiger partial charge in [-0.15, -0.1) is 0 Å². The minimum atomic E-state index is -0.952. The maximum Gasteiger partial charge on any atom is 0.332 e. The second-order valence-corrected chi connectivity index (χ2v) is 5.27. The Morgan fingerprint density at radius 1 is 1.43 bits per heavy atom. The van der Waals surface area contributed by atoms with Crippen LogP contribution in [0, 0.1) is 0 Å². The third-order valence-electron chi connectivity index (χ3n) is 3.91. The van der Waals surface area contributed by atoms with E-state index in [4.69, 9.17) is 19.1 Å². The van der Waals surface area contributed by atoms with Gasteiger partial charge in [0.05, 0.1) is 6.61 Å². The minimum absolute atomic E-state index is 0.201. The first-order valence-corrected chi connectivity index (χ1v) is 7.23. The van der Waals surface area contributed by atoms with Crippen LogP contribution in [0.15, 0.2) is 4.52 Å². The number of hydrogen-bond acceptors (Lipinski definition) is 7. The average Bonchev–Trinajstić information content (AvgIpc) is 3.16. The van der Waals surface area contributed by atoms with Gasteiger partial charge in [-0.05, 0) is 19.4 Å². The molecule has 2 aliphatic heterocycles. The maximum absolute atomic E-state index is 10.9. The van der Waals surface area contributed by atoms with Gasteiger partial charge in [-0.2, -0.15) is 4.98 Å². The van der Waals surface area contributed by atoms with Crippen LogP contribution < -0.4 is 0 Å². The fourth-order valence-electron chi connectivity index (χ4n) is 2.66. The van der Waals surface area contributed by atoms with Crippen molar-refractivity contribution < 1.29 is 23.9 Å². The number of morpholine rings is 1. The van der Waals surface area contributed by atoms with Crippen molar-refractivity contribution in [3.8, 4) is 0 Å². The zero-order valence-electron chi connectivity index (χ0n) is 11.9. The van der Waals surface area contributed by atoms with Crippen LogP contribution in [-0.2, 0) is 14.3 Å². The van der Waals surface area contributed by atoms with Crippen LogP contribution in [0.4, 0.5) is 0 Å². The number of hydrogen-bond donors (Lipinski definition) is 1. The maximum atomic E-state index is 10.9. The van der Waals surface area contributed by atoms with Gasteiger partial charge in [0.1, 0.15) is 12.2 Å². The van der Waals surface area contributed by atoms with Gasteiger partial charge in [0.25, 0.3) is 5.89 Å². The molecule has 0 aliphatic carbocycles. The predicted molar refractivity (Wildman–Crippen MR) is 69.6 cm³/mol. The second kappa shape index (κ2) is 6.08. The molecule has 3 heterocycles.